The molecule has 1 N–H and O–H groups in total. The lowest BCUT2D eigenvalue weighted by Gasteiger charge is -2.26. The largest absolute Gasteiger partial charge is 0.480 e. The first-order valence-electron chi connectivity index (χ1n) is 6.37. The van der Waals surface area contributed by atoms with Crippen molar-refractivity contribution in [3.8, 4) is 11.8 Å². The Kier molecular flexibility index (Phi) is 4.01. The predicted octanol–water partition coefficient (Wildman–Crippen LogP) is 2.04. The Morgan fingerprint density at radius 1 is 1.11 bits per heavy atom. The van der Waals surface area contributed by atoms with Crippen LogP contribution in [0.1, 0.15) is 44.2 Å². The third-order valence-corrected chi connectivity index (χ3v) is 3.49. The molecule has 0 saturated heterocycles. The topological polar surface area (TPSA) is 64.5 Å². The van der Waals surface area contributed by atoms with E-state index in [1.807, 2.05) is 0 Å². The van der Waals surface area contributed by atoms with Crippen molar-refractivity contribution in [2.24, 2.45) is 0 Å². The molecule has 1 aliphatic rings. The quantitative estimate of drug-likeness (QED) is 0.834. The molecule has 0 atom stereocenters. The van der Waals surface area contributed by atoms with Crippen LogP contribution in [0, 0.1) is 0 Å². The van der Waals surface area contributed by atoms with Gasteiger partial charge < -0.3 is 14.6 Å². The van der Waals surface area contributed by atoms with Crippen LogP contribution in [-0.2, 0) is 5.60 Å². The molecule has 0 amide bonds. The van der Waals surface area contributed by atoms with Gasteiger partial charge in [-0.25, -0.2) is 4.98 Å². The molecule has 18 heavy (non-hydrogen) atoms. The Labute approximate surface area is 107 Å². The van der Waals surface area contributed by atoms with Gasteiger partial charge in [0.05, 0.1) is 20.4 Å². The zero-order chi connectivity index (χ0) is 13.0. The SMILES string of the molecule is COc1cnc(C2(O)CCCCCC2)c(OC)n1. The fraction of sp³-hybridized carbons (Fsp3) is 0.692. The highest BCUT2D eigenvalue weighted by atomic mass is 16.5. The number of aliphatic hydroxyl groups is 1. The van der Waals surface area contributed by atoms with Crippen molar-refractivity contribution < 1.29 is 14.6 Å². The number of rotatable bonds is 3. The number of nitrogens with zero attached hydrogens (tertiary/aromatic N) is 2. The number of ether oxygens (including phenoxy) is 2. The van der Waals surface area contributed by atoms with Crippen molar-refractivity contribution in [2.75, 3.05) is 14.2 Å². The monoisotopic (exact) mass is 252 g/mol. The maximum atomic E-state index is 10.8. The average molecular weight is 252 g/mol. The smallest absolute Gasteiger partial charge is 0.241 e. The molecule has 0 aliphatic heterocycles. The van der Waals surface area contributed by atoms with E-state index in [4.69, 9.17) is 9.47 Å². The zero-order valence-corrected chi connectivity index (χ0v) is 11.0. The summed E-state index contributed by atoms with van der Waals surface area (Å²) in [4.78, 5) is 8.49. The van der Waals surface area contributed by atoms with E-state index in [1.165, 1.54) is 20.4 Å². The fourth-order valence-electron chi connectivity index (χ4n) is 2.47. The molecule has 0 bridgehead atoms. The Morgan fingerprint density at radius 2 is 1.78 bits per heavy atom. The second-order valence-corrected chi connectivity index (χ2v) is 4.72. The van der Waals surface area contributed by atoms with Gasteiger partial charge in [-0.15, -0.1) is 0 Å². The molecule has 1 fully saturated rings. The summed E-state index contributed by atoms with van der Waals surface area (Å²) < 4.78 is 10.3. The lowest BCUT2D eigenvalue weighted by molar-refractivity contribution is 0.0132. The standard InChI is InChI=1S/C13H20N2O3/c1-17-10-9-14-11(12(15-10)18-2)13(16)7-5-3-4-6-8-13/h9,16H,3-8H2,1-2H3. The van der Waals surface area contributed by atoms with E-state index < -0.39 is 5.60 Å². The maximum Gasteiger partial charge on any atom is 0.241 e. The minimum Gasteiger partial charge on any atom is -0.480 e. The van der Waals surface area contributed by atoms with Crippen LogP contribution in [0.5, 0.6) is 11.8 Å². The van der Waals surface area contributed by atoms with Crippen molar-refractivity contribution in [1.29, 1.82) is 0 Å². The summed E-state index contributed by atoms with van der Waals surface area (Å²) in [6.45, 7) is 0. The minimum absolute atomic E-state index is 0.360. The van der Waals surface area contributed by atoms with E-state index in [9.17, 15) is 5.11 Å². The Balaban J connectivity index is 2.35. The molecule has 0 spiro atoms. The van der Waals surface area contributed by atoms with Crippen molar-refractivity contribution in [2.45, 2.75) is 44.1 Å². The Morgan fingerprint density at radius 3 is 2.33 bits per heavy atom. The van der Waals surface area contributed by atoms with Crippen molar-refractivity contribution in [3.05, 3.63) is 11.9 Å². The summed E-state index contributed by atoms with van der Waals surface area (Å²) in [6.07, 6.45) is 7.29. The lowest BCUT2D eigenvalue weighted by Crippen LogP contribution is -2.27. The molecule has 2 rings (SSSR count). The number of hydrogen-bond donors (Lipinski definition) is 1. The first-order valence-corrected chi connectivity index (χ1v) is 6.37. The highest BCUT2D eigenvalue weighted by Crippen LogP contribution is 2.38. The normalized spacial score (nSPS) is 19.1. The van der Waals surface area contributed by atoms with E-state index in [0.29, 0.717) is 30.3 Å². The number of methoxy groups -OCH3 is 2. The molecule has 0 aromatic carbocycles. The summed E-state index contributed by atoms with van der Waals surface area (Å²) in [5.41, 5.74) is -0.381. The van der Waals surface area contributed by atoms with E-state index in [0.717, 1.165) is 25.7 Å². The summed E-state index contributed by atoms with van der Waals surface area (Å²) in [6, 6.07) is 0. The van der Waals surface area contributed by atoms with Crippen LogP contribution < -0.4 is 9.47 Å². The second kappa shape index (κ2) is 5.52. The second-order valence-electron chi connectivity index (χ2n) is 4.72. The third-order valence-electron chi connectivity index (χ3n) is 3.49. The molecular formula is C13H20N2O3. The van der Waals surface area contributed by atoms with Gasteiger partial charge in [0.2, 0.25) is 11.8 Å². The average Bonchev–Trinajstić information content (AvgIpc) is 2.63. The van der Waals surface area contributed by atoms with Crippen molar-refractivity contribution in [1.82, 2.24) is 9.97 Å². The summed E-state index contributed by atoms with van der Waals surface area (Å²) >= 11 is 0. The number of hydrogen-bond acceptors (Lipinski definition) is 5. The highest BCUT2D eigenvalue weighted by molar-refractivity contribution is 5.28. The van der Waals surface area contributed by atoms with Gasteiger partial charge in [0.15, 0.2) is 0 Å². The van der Waals surface area contributed by atoms with Gasteiger partial charge in [-0.05, 0) is 12.8 Å². The van der Waals surface area contributed by atoms with Crippen LogP contribution in [0.4, 0.5) is 0 Å². The van der Waals surface area contributed by atoms with Gasteiger partial charge in [-0.3, -0.25) is 0 Å². The molecule has 1 aromatic heterocycles. The fourth-order valence-corrected chi connectivity index (χ4v) is 2.47. The highest BCUT2D eigenvalue weighted by Gasteiger charge is 2.35. The van der Waals surface area contributed by atoms with Gasteiger partial charge in [-0.1, -0.05) is 25.7 Å². The number of aromatic nitrogens is 2. The van der Waals surface area contributed by atoms with E-state index >= 15 is 0 Å². The van der Waals surface area contributed by atoms with Crippen LogP contribution in [-0.4, -0.2) is 29.3 Å². The van der Waals surface area contributed by atoms with Gasteiger partial charge in [-0.2, -0.15) is 4.98 Å². The van der Waals surface area contributed by atoms with E-state index in [1.54, 1.807) is 0 Å². The molecule has 1 aliphatic carbocycles. The van der Waals surface area contributed by atoms with Gasteiger partial charge in [0, 0.05) is 0 Å². The minimum atomic E-state index is -0.916. The van der Waals surface area contributed by atoms with E-state index in [2.05, 4.69) is 9.97 Å². The van der Waals surface area contributed by atoms with E-state index in [-0.39, 0.29) is 0 Å². The molecular weight excluding hydrogens is 232 g/mol. The molecule has 1 heterocycles. The molecule has 1 saturated carbocycles. The Bertz CT molecular complexity index is 401. The summed E-state index contributed by atoms with van der Waals surface area (Å²) in [5.74, 6) is 0.756. The Hall–Kier alpha value is -1.36. The van der Waals surface area contributed by atoms with Crippen LogP contribution in [0.3, 0.4) is 0 Å². The van der Waals surface area contributed by atoms with Crippen molar-refractivity contribution in [3.63, 3.8) is 0 Å². The first-order chi connectivity index (χ1) is 8.69. The molecule has 0 radical (unpaired) electrons. The molecule has 1 aromatic rings. The predicted molar refractivity (Wildman–Crippen MR) is 66.7 cm³/mol. The summed E-state index contributed by atoms with van der Waals surface area (Å²) in [5, 5.41) is 10.8. The van der Waals surface area contributed by atoms with Crippen LogP contribution in [0.15, 0.2) is 6.20 Å². The van der Waals surface area contributed by atoms with Crippen molar-refractivity contribution >= 4 is 0 Å². The van der Waals surface area contributed by atoms with Crippen LogP contribution in [0.2, 0.25) is 0 Å². The zero-order valence-electron chi connectivity index (χ0n) is 11.0. The van der Waals surface area contributed by atoms with Crippen LogP contribution in [0.25, 0.3) is 0 Å². The maximum absolute atomic E-state index is 10.8. The lowest BCUT2D eigenvalue weighted by atomic mass is 9.91. The van der Waals surface area contributed by atoms with Gasteiger partial charge >= 0.3 is 0 Å². The third kappa shape index (κ3) is 2.56. The first kappa shape index (κ1) is 13.1. The molecule has 5 nitrogen and oxygen atoms in total. The van der Waals surface area contributed by atoms with Crippen LogP contribution >= 0.6 is 0 Å². The molecule has 100 valence electrons. The summed E-state index contributed by atoms with van der Waals surface area (Å²) in [7, 11) is 3.07. The molecule has 0 unspecified atom stereocenters. The van der Waals surface area contributed by atoms with Gasteiger partial charge in [0.1, 0.15) is 11.3 Å². The van der Waals surface area contributed by atoms with Gasteiger partial charge in [0.25, 0.3) is 0 Å². The molecule has 5 heteroatoms.